The molecule has 0 saturated carbocycles. The summed E-state index contributed by atoms with van der Waals surface area (Å²) < 4.78 is 0. The molecule has 7 nitrogen and oxygen atoms in total. The molecular weight excluding hydrogens is 278 g/mol. The van der Waals surface area contributed by atoms with E-state index >= 15 is 0 Å². The van der Waals surface area contributed by atoms with Crippen LogP contribution in [0, 0.1) is 16.0 Å². The number of nitro groups is 1. The Labute approximate surface area is 119 Å². The number of rotatable bonds is 3. The lowest BCUT2D eigenvalue weighted by Gasteiger charge is -2.33. The first-order valence-corrected chi connectivity index (χ1v) is 7.34. The summed E-state index contributed by atoms with van der Waals surface area (Å²) in [6, 6.07) is 1.57. The van der Waals surface area contributed by atoms with Gasteiger partial charge in [-0.15, -0.1) is 0 Å². The fourth-order valence-electron chi connectivity index (χ4n) is 2.62. The van der Waals surface area contributed by atoms with Gasteiger partial charge >= 0.3 is 5.00 Å². The highest BCUT2D eigenvalue weighted by molar-refractivity contribution is 7.21. The van der Waals surface area contributed by atoms with Crippen molar-refractivity contribution in [1.29, 1.82) is 0 Å². The summed E-state index contributed by atoms with van der Waals surface area (Å²) in [7, 11) is 0. The number of aromatic nitrogens is 2. The van der Waals surface area contributed by atoms with Crippen molar-refractivity contribution >= 4 is 32.4 Å². The van der Waals surface area contributed by atoms with E-state index in [4.69, 9.17) is 5.73 Å². The predicted octanol–water partition coefficient (Wildman–Crippen LogP) is 1.77. The standard InChI is InChI=1S/C12H15N5O2S/c13-5-8-2-1-3-16(6-8)11-9-4-10(17(18)19)20-12(9)15-7-14-11/h4,7-8H,1-3,5-6,13H2. The van der Waals surface area contributed by atoms with Gasteiger partial charge in [-0.2, -0.15) is 0 Å². The first-order valence-electron chi connectivity index (χ1n) is 6.53. The van der Waals surface area contributed by atoms with Crippen LogP contribution in [0.15, 0.2) is 12.4 Å². The van der Waals surface area contributed by atoms with E-state index in [9.17, 15) is 10.1 Å². The van der Waals surface area contributed by atoms with Crippen molar-refractivity contribution < 1.29 is 4.92 Å². The number of nitrogens with zero attached hydrogens (tertiary/aromatic N) is 4. The van der Waals surface area contributed by atoms with Gasteiger partial charge in [0.15, 0.2) is 0 Å². The van der Waals surface area contributed by atoms with Crippen molar-refractivity contribution in [2.45, 2.75) is 12.8 Å². The second-order valence-corrected chi connectivity index (χ2v) is 5.96. The molecule has 1 atom stereocenters. The molecule has 1 aliphatic heterocycles. The molecule has 2 aromatic heterocycles. The molecule has 1 saturated heterocycles. The first-order chi connectivity index (χ1) is 9.69. The van der Waals surface area contributed by atoms with Gasteiger partial charge in [0.05, 0.1) is 10.3 Å². The van der Waals surface area contributed by atoms with Crippen LogP contribution in [-0.4, -0.2) is 34.5 Å². The molecule has 1 fully saturated rings. The highest BCUT2D eigenvalue weighted by Crippen LogP contribution is 2.35. The molecule has 1 aliphatic rings. The molecule has 3 rings (SSSR count). The number of hydrogen-bond acceptors (Lipinski definition) is 7. The Kier molecular flexibility index (Phi) is 3.49. The summed E-state index contributed by atoms with van der Waals surface area (Å²) in [4.78, 5) is 21.8. The molecule has 106 valence electrons. The third-order valence-corrected chi connectivity index (χ3v) is 4.62. The van der Waals surface area contributed by atoms with Crippen molar-refractivity contribution in [3.8, 4) is 0 Å². The van der Waals surface area contributed by atoms with Crippen molar-refractivity contribution in [3.05, 3.63) is 22.5 Å². The van der Waals surface area contributed by atoms with E-state index in [2.05, 4.69) is 14.9 Å². The van der Waals surface area contributed by atoms with Crippen LogP contribution >= 0.6 is 11.3 Å². The van der Waals surface area contributed by atoms with Crippen molar-refractivity contribution in [3.63, 3.8) is 0 Å². The highest BCUT2D eigenvalue weighted by Gasteiger charge is 2.23. The number of fused-ring (bicyclic) bond motifs is 1. The lowest BCUT2D eigenvalue weighted by Crippen LogP contribution is -2.38. The molecule has 1 unspecified atom stereocenters. The first kappa shape index (κ1) is 13.2. The van der Waals surface area contributed by atoms with Crippen LogP contribution < -0.4 is 10.6 Å². The summed E-state index contributed by atoms with van der Waals surface area (Å²) in [5.41, 5.74) is 5.75. The van der Waals surface area contributed by atoms with Gasteiger partial charge in [0, 0.05) is 19.2 Å². The van der Waals surface area contributed by atoms with Crippen LogP contribution in [-0.2, 0) is 0 Å². The van der Waals surface area contributed by atoms with E-state index < -0.39 is 0 Å². The average molecular weight is 293 g/mol. The number of hydrogen-bond donors (Lipinski definition) is 1. The molecule has 8 heteroatoms. The number of anilines is 1. The molecule has 0 spiro atoms. The van der Waals surface area contributed by atoms with E-state index in [1.54, 1.807) is 6.07 Å². The quantitative estimate of drug-likeness (QED) is 0.684. The van der Waals surface area contributed by atoms with Gasteiger partial charge in [0.25, 0.3) is 0 Å². The van der Waals surface area contributed by atoms with Crippen molar-refractivity contribution in [2.75, 3.05) is 24.5 Å². The van der Waals surface area contributed by atoms with E-state index in [0.717, 1.165) is 48.5 Å². The fourth-order valence-corrected chi connectivity index (χ4v) is 3.43. The van der Waals surface area contributed by atoms with Crippen LogP contribution in [0.1, 0.15) is 12.8 Å². The van der Waals surface area contributed by atoms with Gasteiger partial charge in [0.2, 0.25) is 0 Å². The molecule has 0 aliphatic carbocycles. The van der Waals surface area contributed by atoms with Crippen LogP contribution in [0.25, 0.3) is 10.2 Å². The number of piperidine rings is 1. The summed E-state index contributed by atoms with van der Waals surface area (Å²) in [6.45, 7) is 2.42. The minimum Gasteiger partial charge on any atom is -0.356 e. The zero-order valence-electron chi connectivity index (χ0n) is 10.9. The summed E-state index contributed by atoms with van der Waals surface area (Å²) >= 11 is 1.09. The lowest BCUT2D eigenvalue weighted by molar-refractivity contribution is -0.380. The van der Waals surface area contributed by atoms with Crippen LogP contribution in [0.2, 0.25) is 0 Å². The van der Waals surface area contributed by atoms with E-state index in [-0.39, 0.29) is 9.92 Å². The monoisotopic (exact) mass is 293 g/mol. The normalized spacial score (nSPS) is 19.4. The van der Waals surface area contributed by atoms with Crippen molar-refractivity contribution in [2.24, 2.45) is 11.7 Å². The zero-order valence-corrected chi connectivity index (χ0v) is 11.7. The topological polar surface area (TPSA) is 98.2 Å². The maximum atomic E-state index is 10.9. The Morgan fingerprint density at radius 1 is 1.55 bits per heavy atom. The third kappa shape index (κ3) is 2.32. The molecule has 3 heterocycles. The van der Waals surface area contributed by atoms with Gasteiger partial charge in [-0.1, -0.05) is 0 Å². The van der Waals surface area contributed by atoms with Crippen LogP contribution in [0.3, 0.4) is 0 Å². The summed E-state index contributed by atoms with van der Waals surface area (Å²) in [5.74, 6) is 1.25. The molecule has 0 bridgehead atoms. The third-order valence-electron chi connectivity index (χ3n) is 3.63. The van der Waals surface area contributed by atoms with E-state index in [1.807, 2.05) is 0 Å². The molecule has 0 amide bonds. The minimum atomic E-state index is -0.380. The van der Waals surface area contributed by atoms with Gasteiger partial charge < -0.3 is 10.6 Å². The summed E-state index contributed by atoms with van der Waals surface area (Å²) in [6.07, 6.45) is 3.68. The second-order valence-electron chi connectivity index (χ2n) is 4.95. The zero-order chi connectivity index (χ0) is 14.1. The summed E-state index contributed by atoms with van der Waals surface area (Å²) in [5, 5.41) is 11.8. The van der Waals surface area contributed by atoms with Crippen LogP contribution in [0.5, 0.6) is 0 Å². The van der Waals surface area contributed by atoms with E-state index in [0.29, 0.717) is 17.3 Å². The predicted molar refractivity (Wildman–Crippen MR) is 78.1 cm³/mol. The molecular formula is C12H15N5O2S. The van der Waals surface area contributed by atoms with Gasteiger partial charge in [-0.25, -0.2) is 9.97 Å². The maximum absolute atomic E-state index is 10.9. The Morgan fingerprint density at radius 3 is 3.15 bits per heavy atom. The average Bonchev–Trinajstić information content (AvgIpc) is 2.91. The smallest absolute Gasteiger partial charge is 0.326 e. The van der Waals surface area contributed by atoms with Gasteiger partial charge in [-0.3, -0.25) is 10.1 Å². The Balaban J connectivity index is 2.00. The largest absolute Gasteiger partial charge is 0.356 e. The molecule has 2 N–H and O–H groups in total. The minimum absolute atomic E-state index is 0.106. The number of nitrogens with two attached hydrogens (primary N) is 1. The SMILES string of the molecule is NCC1CCCN(c2ncnc3sc([N+](=O)[O-])cc23)C1. The lowest BCUT2D eigenvalue weighted by atomic mass is 9.98. The fraction of sp³-hybridized carbons (Fsp3) is 0.500. The molecule has 0 radical (unpaired) electrons. The van der Waals surface area contributed by atoms with E-state index in [1.165, 1.54) is 6.33 Å². The highest BCUT2D eigenvalue weighted by atomic mass is 32.1. The molecule has 0 aromatic carbocycles. The van der Waals surface area contributed by atoms with Gasteiger partial charge in [-0.05, 0) is 36.6 Å². The molecule has 20 heavy (non-hydrogen) atoms. The van der Waals surface area contributed by atoms with Gasteiger partial charge in [0.1, 0.15) is 17.0 Å². The van der Waals surface area contributed by atoms with Crippen LogP contribution in [0.4, 0.5) is 10.8 Å². The Hall–Kier alpha value is -1.80. The maximum Gasteiger partial charge on any atom is 0.326 e. The van der Waals surface area contributed by atoms with Crippen molar-refractivity contribution in [1.82, 2.24) is 9.97 Å². The second kappa shape index (κ2) is 5.29. The number of thiophene rings is 1. The Bertz CT molecular complexity index is 644. The Morgan fingerprint density at radius 2 is 2.40 bits per heavy atom. The molecule has 2 aromatic rings.